The van der Waals surface area contributed by atoms with Crippen LogP contribution in [0.4, 0.5) is 0 Å². The van der Waals surface area contributed by atoms with Gasteiger partial charge in [0.1, 0.15) is 5.75 Å². The van der Waals surface area contributed by atoms with Crippen molar-refractivity contribution in [1.29, 1.82) is 0 Å². The topological polar surface area (TPSA) is 71.8 Å². The normalized spacial score (nSPS) is 14.0. The molecule has 1 saturated heterocycles. The predicted octanol–water partition coefficient (Wildman–Crippen LogP) is 2.87. The van der Waals surface area contributed by atoms with Crippen LogP contribution in [-0.4, -0.2) is 43.5 Å². The highest BCUT2D eigenvalue weighted by Crippen LogP contribution is 2.24. The average molecular weight is 378 g/mol. The number of benzene rings is 2. The molecule has 6 nitrogen and oxygen atoms in total. The number of fused-ring (bicyclic) bond motifs is 1. The summed E-state index contributed by atoms with van der Waals surface area (Å²) in [6.45, 7) is 1.41. The van der Waals surface area contributed by atoms with Gasteiger partial charge in [0.2, 0.25) is 5.91 Å². The number of hydrogen-bond donors (Lipinski definition) is 1. The van der Waals surface area contributed by atoms with E-state index in [0.29, 0.717) is 25.4 Å². The van der Waals surface area contributed by atoms with Gasteiger partial charge in [0.15, 0.2) is 5.76 Å². The van der Waals surface area contributed by atoms with Crippen LogP contribution < -0.4 is 10.1 Å². The van der Waals surface area contributed by atoms with E-state index in [9.17, 15) is 9.59 Å². The third-order valence-corrected chi connectivity index (χ3v) is 5.14. The number of nitrogens with zero attached hydrogens (tertiary/aromatic N) is 1. The lowest BCUT2D eigenvalue weighted by Gasteiger charge is -2.37. The molecule has 1 aromatic heterocycles. The molecule has 6 heteroatoms. The molecule has 2 amide bonds. The van der Waals surface area contributed by atoms with E-state index in [4.69, 9.17) is 9.15 Å². The molecule has 2 heterocycles. The quantitative estimate of drug-likeness (QED) is 0.716. The number of carbonyl (C=O) groups excluding carboxylic acids is 2. The summed E-state index contributed by atoms with van der Waals surface area (Å²) in [6, 6.07) is 15.5. The maximum atomic E-state index is 12.3. The molecule has 4 rings (SSSR count). The lowest BCUT2D eigenvalue weighted by Crippen LogP contribution is -2.55. The third-order valence-electron chi connectivity index (χ3n) is 5.14. The summed E-state index contributed by atoms with van der Waals surface area (Å²) >= 11 is 0. The van der Waals surface area contributed by atoms with Gasteiger partial charge in [-0.05, 0) is 47.0 Å². The molecule has 1 aliphatic rings. The molecule has 3 aromatic rings. The second-order valence-corrected chi connectivity index (χ2v) is 6.93. The number of amides is 2. The molecule has 0 aliphatic carbocycles. The maximum Gasteiger partial charge on any atom is 0.289 e. The van der Waals surface area contributed by atoms with Crippen LogP contribution in [0.2, 0.25) is 0 Å². The molecule has 2 aromatic carbocycles. The summed E-state index contributed by atoms with van der Waals surface area (Å²) in [5, 5.41) is 5.27. The fourth-order valence-corrected chi connectivity index (χ4v) is 3.49. The Bertz CT molecular complexity index is 991. The van der Waals surface area contributed by atoms with Crippen molar-refractivity contribution in [3.63, 3.8) is 0 Å². The van der Waals surface area contributed by atoms with Crippen molar-refractivity contribution in [2.24, 2.45) is 5.92 Å². The fourth-order valence-electron chi connectivity index (χ4n) is 3.49. The van der Waals surface area contributed by atoms with Crippen LogP contribution in [0, 0.1) is 5.92 Å². The minimum Gasteiger partial charge on any atom is -0.497 e. The Morgan fingerprint density at radius 1 is 1.18 bits per heavy atom. The van der Waals surface area contributed by atoms with Crippen LogP contribution >= 0.6 is 0 Å². The number of nitrogens with one attached hydrogen (secondary N) is 1. The smallest absolute Gasteiger partial charge is 0.289 e. The Morgan fingerprint density at radius 3 is 2.79 bits per heavy atom. The molecule has 0 spiro atoms. The van der Waals surface area contributed by atoms with Gasteiger partial charge in [0.25, 0.3) is 5.91 Å². The van der Waals surface area contributed by atoms with Gasteiger partial charge < -0.3 is 19.4 Å². The highest BCUT2D eigenvalue weighted by molar-refractivity contribution is 5.93. The monoisotopic (exact) mass is 378 g/mol. The first-order valence-electron chi connectivity index (χ1n) is 9.32. The van der Waals surface area contributed by atoms with Crippen molar-refractivity contribution < 1.29 is 18.7 Å². The Morgan fingerprint density at radius 2 is 2.04 bits per heavy atom. The molecular formula is C22H22N2O4. The summed E-state index contributed by atoms with van der Waals surface area (Å²) in [5.74, 6) is 0.789. The zero-order valence-electron chi connectivity index (χ0n) is 15.7. The predicted molar refractivity (Wildman–Crippen MR) is 105 cm³/mol. The minimum atomic E-state index is -0.168. The van der Waals surface area contributed by atoms with Crippen molar-refractivity contribution in [2.45, 2.75) is 6.42 Å². The largest absolute Gasteiger partial charge is 0.497 e. The number of hydrogen-bond acceptors (Lipinski definition) is 4. The Kier molecular flexibility index (Phi) is 5.02. The zero-order chi connectivity index (χ0) is 19.5. The standard InChI is InChI=1S/C22H22N2O4/c1-27-18-8-7-15-4-2-5-16(19(15)12-18)9-10-23-21(25)17-13-24(14-17)22(26)20-6-3-11-28-20/h2-8,11-12,17H,9-10,13-14H2,1H3,(H,23,25). The Balaban J connectivity index is 1.30. The van der Waals surface area contributed by atoms with Crippen molar-refractivity contribution in [1.82, 2.24) is 10.2 Å². The van der Waals surface area contributed by atoms with E-state index in [1.807, 2.05) is 24.3 Å². The SMILES string of the molecule is COc1ccc2cccc(CCNC(=O)C3CN(C(=O)c4ccco4)C3)c2c1. The van der Waals surface area contributed by atoms with Gasteiger partial charge in [-0.3, -0.25) is 9.59 Å². The number of ether oxygens (including phenoxy) is 1. The molecule has 1 aliphatic heterocycles. The summed E-state index contributed by atoms with van der Waals surface area (Å²) in [7, 11) is 1.66. The summed E-state index contributed by atoms with van der Waals surface area (Å²) < 4.78 is 10.4. The summed E-state index contributed by atoms with van der Waals surface area (Å²) in [5.41, 5.74) is 1.17. The van der Waals surface area contributed by atoms with E-state index >= 15 is 0 Å². The lowest BCUT2D eigenvalue weighted by atomic mass is 9.98. The van der Waals surface area contributed by atoms with Crippen LogP contribution in [-0.2, 0) is 11.2 Å². The van der Waals surface area contributed by atoms with Gasteiger partial charge in [-0.15, -0.1) is 0 Å². The Hall–Kier alpha value is -3.28. The number of methoxy groups -OCH3 is 1. The van der Waals surface area contributed by atoms with Crippen LogP contribution in [0.25, 0.3) is 10.8 Å². The van der Waals surface area contributed by atoms with Crippen LogP contribution in [0.15, 0.2) is 59.2 Å². The van der Waals surface area contributed by atoms with Gasteiger partial charge in [0.05, 0.1) is 19.3 Å². The number of carbonyl (C=O) groups is 2. The highest BCUT2D eigenvalue weighted by atomic mass is 16.5. The maximum absolute atomic E-state index is 12.3. The van der Waals surface area contributed by atoms with Crippen molar-refractivity contribution in [3.05, 3.63) is 66.1 Å². The van der Waals surface area contributed by atoms with E-state index in [1.165, 1.54) is 11.8 Å². The van der Waals surface area contributed by atoms with E-state index in [0.717, 1.165) is 22.9 Å². The first kappa shape index (κ1) is 18.1. The molecule has 28 heavy (non-hydrogen) atoms. The fraction of sp³-hybridized carbons (Fsp3) is 0.273. The number of likely N-dealkylation sites (tertiary alicyclic amines) is 1. The van der Waals surface area contributed by atoms with Crippen molar-refractivity contribution in [3.8, 4) is 5.75 Å². The van der Waals surface area contributed by atoms with E-state index in [-0.39, 0.29) is 17.7 Å². The van der Waals surface area contributed by atoms with Gasteiger partial charge >= 0.3 is 0 Å². The lowest BCUT2D eigenvalue weighted by molar-refractivity contribution is -0.128. The van der Waals surface area contributed by atoms with Crippen LogP contribution in [0.3, 0.4) is 0 Å². The Labute approximate surface area is 163 Å². The average Bonchev–Trinajstić information content (AvgIpc) is 3.21. The number of furan rings is 1. The minimum absolute atomic E-state index is 0.0127. The van der Waals surface area contributed by atoms with Gasteiger partial charge in [-0.1, -0.05) is 24.3 Å². The van der Waals surface area contributed by atoms with Crippen molar-refractivity contribution in [2.75, 3.05) is 26.7 Å². The molecule has 0 atom stereocenters. The molecule has 1 fully saturated rings. The van der Waals surface area contributed by atoms with Crippen LogP contribution in [0.1, 0.15) is 16.1 Å². The molecule has 144 valence electrons. The zero-order valence-corrected chi connectivity index (χ0v) is 15.7. The summed E-state index contributed by atoms with van der Waals surface area (Å²) in [6.07, 6.45) is 2.21. The molecule has 0 saturated carbocycles. The molecular weight excluding hydrogens is 356 g/mol. The second-order valence-electron chi connectivity index (χ2n) is 6.93. The van der Waals surface area contributed by atoms with Gasteiger partial charge in [-0.2, -0.15) is 0 Å². The first-order valence-corrected chi connectivity index (χ1v) is 9.32. The highest BCUT2D eigenvalue weighted by Gasteiger charge is 2.36. The molecule has 0 bridgehead atoms. The molecule has 0 radical (unpaired) electrons. The van der Waals surface area contributed by atoms with Gasteiger partial charge in [-0.25, -0.2) is 0 Å². The van der Waals surface area contributed by atoms with Crippen molar-refractivity contribution >= 4 is 22.6 Å². The van der Waals surface area contributed by atoms with Gasteiger partial charge in [0, 0.05) is 19.6 Å². The second kappa shape index (κ2) is 7.76. The van der Waals surface area contributed by atoms with E-state index in [2.05, 4.69) is 17.4 Å². The van der Waals surface area contributed by atoms with E-state index in [1.54, 1.807) is 24.1 Å². The molecule has 0 unspecified atom stereocenters. The van der Waals surface area contributed by atoms with Crippen LogP contribution in [0.5, 0.6) is 5.75 Å². The molecule has 1 N–H and O–H groups in total. The first-order chi connectivity index (χ1) is 13.7. The van der Waals surface area contributed by atoms with E-state index < -0.39 is 0 Å². The third kappa shape index (κ3) is 3.58. The number of rotatable bonds is 6. The summed E-state index contributed by atoms with van der Waals surface area (Å²) in [4.78, 5) is 26.1.